The number of hydrogen-bond acceptors (Lipinski definition) is 4. The first kappa shape index (κ1) is 15.6. The first-order chi connectivity index (χ1) is 9.47. The zero-order valence-electron chi connectivity index (χ0n) is 11.9. The lowest BCUT2D eigenvalue weighted by molar-refractivity contribution is 0.0635. The van der Waals surface area contributed by atoms with Gasteiger partial charge in [0.1, 0.15) is 11.4 Å². The minimum atomic E-state index is -0.490. The zero-order valence-corrected chi connectivity index (χ0v) is 11.9. The van der Waals surface area contributed by atoms with Crippen LogP contribution in [-0.2, 0) is 4.74 Å². The molecule has 1 amide bonds. The molecule has 0 radical (unpaired) electrons. The summed E-state index contributed by atoms with van der Waals surface area (Å²) >= 11 is 0. The standard InChI is InChI=1S/C10H14N2O2.C5H5N/c1-10(2,3)14-9(13)12-8-6-4-5-7-11-8;1-2-4-6-5-3-1/h4-7H,1-3H3,(H,11,12,13);1-5H. The predicted octanol–water partition coefficient (Wildman–Crippen LogP) is 3.51. The van der Waals surface area contributed by atoms with Crippen molar-refractivity contribution in [2.24, 2.45) is 0 Å². The maximum Gasteiger partial charge on any atom is 0.413 e. The average Bonchev–Trinajstić information content (AvgIpc) is 2.40. The van der Waals surface area contributed by atoms with Gasteiger partial charge >= 0.3 is 6.09 Å². The van der Waals surface area contributed by atoms with Gasteiger partial charge in [-0.15, -0.1) is 0 Å². The molecule has 0 unspecified atom stereocenters. The van der Waals surface area contributed by atoms with Crippen molar-refractivity contribution in [3.63, 3.8) is 0 Å². The number of amides is 1. The van der Waals surface area contributed by atoms with Gasteiger partial charge < -0.3 is 4.74 Å². The molecule has 20 heavy (non-hydrogen) atoms. The summed E-state index contributed by atoms with van der Waals surface area (Å²) in [5.41, 5.74) is -0.487. The summed E-state index contributed by atoms with van der Waals surface area (Å²) in [5, 5.41) is 2.53. The van der Waals surface area contributed by atoms with E-state index < -0.39 is 11.7 Å². The summed E-state index contributed by atoms with van der Waals surface area (Å²) in [6.45, 7) is 5.43. The van der Waals surface area contributed by atoms with Gasteiger partial charge in [-0.2, -0.15) is 0 Å². The Bertz CT molecular complexity index is 469. The zero-order chi connectivity index (χ0) is 14.8. The molecule has 0 saturated heterocycles. The van der Waals surface area contributed by atoms with Crippen LogP contribution in [0.15, 0.2) is 55.0 Å². The Balaban J connectivity index is 0.000000276. The van der Waals surface area contributed by atoms with Gasteiger partial charge in [0.05, 0.1) is 0 Å². The number of rotatable bonds is 1. The molecule has 5 nitrogen and oxygen atoms in total. The average molecular weight is 273 g/mol. The first-order valence-corrected chi connectivity index (χ1v) is 6.23. The summed E-state index contributed by atoms with van der Waals surface area (Å²) in [7, 11) is 0. The minimum Gasteiger partial charge on any atom is -0.444 e. The maximum atomic E-state index is 11.3. The lowest BCUT2D eigenvalue weighted by Crippen LogP contribution is -2.27. The Morgan fingerprint density at radius 1 is 1.05 bits per heavy atom. The van der Waals surface area contributed by atoms with Gasteiger partial charge in [-0.05, 0) is 45.0 Å². The number of hydrogen-bond donors (Lipinski definition) is 1. The van der Waals surface area contributed by atoms with E-state index in [-0.39, 0.29) is 0 Å². The molecule has 0 fully saturated rings. The second kappa shape index (κ2) is 7.89. The normalized spacial score (nSPS) is 9.95. The van der Waals surface area contributed by atoms with Crippen molar-refractivity contribution in [2.45, 2.75) is 26.4 Å². The second-order valence-corrected chi connectivity index (χ2v) is 4.87. The quantitative estimate of drug-likeness (QED) is 0.863. The van der Waals surface area contributed by atoms with Crippen LogP contribution in [0.1, 0.15) is 20.8 Å². The van der Waals surface area contributed by atoms with Crippen molar-refractivity contribution in [1.29, 1.82) is 0 Å². The van der Waals surface area contributed by atoms with Crippen LogP contribution in [0.25, 0.3) is 0 Å². The Morgan fingerprint density at radius 2 is 1.70 bits per heavy atom. The Morgan fingerprint density at radius 3 is 2.10 bits per heavy atom. The van der Waals surface area contributed by atoms with Gasteiger partial charge in [0.2, 0.25) is 0 Å². The number of carbonyl (C=O) groups excluding carboxylic acids is 1. The number of nitrogens with zero attached hydrogens (tertiary/aromatic N) is 2. The van der Waals surface area contributed by atoms with E-state index in [9.17, 15) is 4.79 Å². The highest BCUT2D eigenvalue weighted by molar-refractivity contribution is 5.83. The molecule has 2 aromatic heterocycles. The largest absolute Gasteiger partial charge is 0.444 e. The Kier molecular flexibility index (Phi) is 6.16. The summed E-state index contributed by atoms with van der Waals surface area (Å²) < 4.78 is 5.05. The summed E-state index contributed by atoms with van der Waals surface area (Å²) in [6, 6.07) is 11.0. The van der Waals surface area contributed by atoms with Crippen LogP contribution in [0.4, 0.5) is 10.6 Å². The molecule has 0 spiro atoms. The lowest BCUT2D eigenvalue weighted by atomic mass is 10.2. The van der Waals surface area contributed by atoms with Gasteiger partial charge in [-0.25, -0.2) is 9.78 Å². The second-order valence-electron chi connectivity index (χ2n) is 4.87. The van der Waals surface area contributed by atoms with Crippen LogP contribution in [0.2, 0.25) is 0 Å². The van der Waals surface area contributed by atoms with E-state index in [1.54, 1.807) is 36.8 Å². The summed E-state index contributed by atoms with van der Waals surface area (Å²) in [4.78, 5) is 19.0. The van der Waals surface area contributed by atoms with E-state index in [1.165, 1.54) is 0 Å². The van der Waals surface area contributed by atoms with Crippen molar-refractivity contribution >= 4 is 11.9 Å². The highest BCUT2D eigenvalue weighted by Gasteiger charge is 2.16. The number of pyridine rings is 2. The maximum absolute atomic E-state index is 11.3. The van der Waals surface area contributed by atoms with Gasteiger partial charge in [-0.1, -0.05) is 12.1 Å². The number of carbonyl (C=O) groups is 1. The monoisotopic (exact) mass is 273 g/mol. The van der Waals surface area contributed by atoms with Crippen LogP contribution in [0.3, 0.4) is 0 Å². The van der Waals surface area contributed by atoms with Gasteiger partial charge in [-0.3, -0.25) is 10.3 Å². The molecule has 0 saturated carbocycles. The Hall–Kier alpha value is -2.43. The first-order valence-electron chi connectivity index (χ1n) is 6.23. The lowest BCUT2D eigenvalue weighted by Gasteiger charge is -2.19. The molecule has 0 aliphatic rings. The molecule has 2 rings (SSSR count). The Labute approximate surface area is 119 Å². The fourth-order valence-corrected chi connectivity index (χ4v) is 1.16. The van der Waals surface area contributed by atoms with E-state index in [1.807, 2.05) is 39.0 Å². The molecule has 2 aromatic rings. The topological polar surface area (TPSA) is 64.1 Å². The van der Waals surface area contributed by atoms with E-state index in [2.05, 4.69) is 15.3 Å². The van der Waals surface area contributed by atoms with E-state index in [0.717, 1.165) is 0 Å². The fourth-order valence-electron chi connectivity index (χ4n) is 1.16. The number of anilines is 1. The third kappa shape index (κ3) is 7.81. The van der Waals surface area contributed by atoms with Gasteiger partial charge in [0.25, 0.3) is 0 Å². The van der Waals surface area contributed by atoms with Crippen molar-refractivity contribution in [3.8, 4) is 0 Å². The van der Waals surface area contributed by atoms with Gasteiger partial charge in [0.15, 0.2) is 0 Å². The SMILES string of the molecule is CC(C)(C)OC(=O)Nc1ccccn1.c1ccncc1. The van der Waals surface area contributed by atoms with Crippen molar-refractivity contribution in [2.75, 3.05) is 5.32 Å². The molecule has 1 N–H and O–H groups in total. The van der Waals surface area contributed by atoms with Crippen molar-refractivity contribution in [3.05, 3.63) is 55.0 Å². The molecular weight excluding hydrogens is 254 g/mol. The van der Waals surface area contributed by atoms with E-state index in [0.29, 0.717) is 5.82 Å². The minimum absolute atomic E-state index is 0.487. The van der Waals surface area contributed by atoms with Crippen LogP contribution in [-0.4, -0.2) is 21.7 Å². The molecule has 106 valence electrons. The van der Waals surface area contributed by atoms with E-state index >= 15 is 0 Å². The summed E-state index contributed by atoms with van der Waals surface area (Å²) in [5.74, 6) is 0.488. The third-order valence-electron chi connectivity index (χ3n) is 1.86. The van der Waals surface area contributed by atoms with Crippen LogP contribution < -0.4 is 5.32 Å². The van der Waals surface area contributed by atoms with Gasteiger partial charge in [0, 0.05) is 18.6 Å². The molecular formula is C15H19N3O2. The molecule has 0 aliphatic heterocycles. The van der Waals surface area contributed by atoms with Crippen molar-refractivity contribution < 1.29 is 9.53 Å². The van der Waals surface area contributed by atoms with Crippen LogP contribution in [0.5, 0.6) is 0 Å². The van der Waals surface area contributed by atoms with Crippen molar-refractivity contribution in [1.82, 2.24) is 9.97 Å². The molecule has 0 aromatic carbocycles. The number of aromatic nitrogens is 2. The molecule has 0 atom stereocenters. The molecule has 0 aliphatic carbocycles. The smallest absolute Gasteiger partial charge is 0.413 e. The highest BCUT2D eigenvalue weighted by Crippen LogP contribution is 2.09. The predicted molar refractivity (Wildman–Crippen MR) is 78.3 cm³/mol. The molecule has 2 heterocycles. The fraction of sp³-hybridized carbons (Fsp3) is 0.267. The van der Waals surface area contributed by atoms with Crippen LogP contribution in [0, 0.1) is 0 Å². The van der Waals surface area contributed by atoms with Crippen LogP contribution >= 0.6 is 0 Å². The van der Waals surface area contributed by atoms with E-state index in [4.69, 9.17) is 4.74 Å². The molecule has 5 heteroatoms. The summed E-state index contributed by atoms with van der Waals surface area (Å²) in [6.07, 6.45) is 4.61. The number of ether oxygens (including phenoxy) is 1. The highest BCUT2D eigenvalue weighted by atomic mass is 16.6. The third-order valence-corrected chi connectivity index (χ3v) is 1.86. The molecule has 0 bridgehead atoms. The number of nitrogens with one attached hydrogen (secondary N) is 1.